The van der Waals surface area contributed by atoms with Gasteiger partial charge in [-0.15, -0.1) is 11.6 Å². The molecule has 0 bridgehead atoms. The quantitative estimate of drug-likeness (QED) is 0.805. The van der Waals surface area contributed by atoms with Crippen LogP contribution in [-0.4, -0.2) is 43.5 Å². The van der Waals surface area contributed by atoms with Crippen molar-refractivity contribution in [1.82, 2.24) is 4.90 Å². The summed E-state index contributed by atoms with van der Waals surface area (Å²) in [6, 6.07) is 5.23. The number of nitrogens with zero attached hydrogens (tertiary/aromatic N) is 1. The molecule has 5 heteroatoms. The zero-order chi connectivity index (χ0) is 14.7. The molecule has 0 spiro atoms. The normalized spacial score (nSPS) is 22.5. The van der Waals surface area contributed by atoms with Crippen molar-refractivity contribution in [3.8, 4) is 11.5 Å². The Bertz CT molecular complexity index is 470. The summed E-state index contributed by atoms with van der Waals surface area (Å²) < 4.78 is 10.4. The summed E-state index contributed by atoms with van der Waals surface area (Å²) in [5.74, 6) is 1.54. The third kappa shape index (κ3) is 3.18. The fraction of sp³-hybridized carbons (Fsp3) is 0.533. The molecule has 4 nitrogen and oxygen atoms in total. The summed E-state index contributed by atoms with van der Waals surface area (Å²) >= 11 is 6.20. The van der Waals surface area contributed by atoms with Crippen LogP contribution in [0.1, 0.15) is 23.7 Å². The van der Waals surface area contributed by atoms with Crippen LogP contribution in [0.2, 0.25) is 0 Å². The van der Waals surface area contributed by atoms with E-state index in [0.717, 1.165) is 6.42 Å². The smallest absolute Gasteiger partial charge is 0.254 e. The van der Waals surface area contributed by atoms with Gasteiger partial charge in [-0.25, -0.2) is 0 Å². The lowest BCUT2D eigenvalue weighted by molar-refractivity contribution is 0.0686. The topological polar surface area (TPSA) is 38.8 Å². The highest BCUT2D eigenvalue weighted by Gasteiger charge is 2.28. The largest absolute Gasteiger partial charge is 0.497 e. The minimum atomic E-state index is -0.00221. The highest BCUT2D eigenvalue weighted by atomic mass is 35.5. The van der Waals surface area contributed by atoms with Gasteiger partial charge < -0.3 is 14.4 Å². The van der Waals surface area contributed by atoms with Gasteiger partial charge in [0.1, 0.15) is 11.5 Å². The number of alkyl halides is 1. The molecule has 0 aliphatic carbocycles. The average Bonchev–Trinajstić information content (AvgIpc) is 2.48. The Labute approximate surface area is 124 Å². The van der Waals surface area contributed by atoms with Gasteiger partial charge in [-0.1, -0.05) is 6.92 Å². The average molecular weight is 298 g/mol. The zero-order valence-electron chi connectivity index (χ0n) is 12.1. The van der Waals surface area contributed by atoms with Crippen LogP contribution >= 0.6 is 11.6 Å². The van der Waals surface area contributed by atoms with Gasteiger partial charge in [0, 0.05) is 30.1 Å². The van der Waals surface area contributed by atoms with Crippen LogP contribution in [0.3, 0.4) is 0 Å². The molecular weight excluding hydrogens is 278 g/mol. The second-order valence-electron chi connectivity index (χ2n) is 5.13. The van der Waals surface area contributed by atoms with Crippen LogP contribution in [0.15, 0.2) is 18.2 Å². The molecule has 1 aliphatic rings. The minimum Gasteiger partial charge on any atom is -0.497 e. The fourth-order valence-corrected chi connectivity index (χ4v) is 2.59. The van der Waals surface area contributed by atoms with E-state index in [1.54, 1.807) is 32.4 Å². The minimum absolute atomic E-state index is 0.00221. The molecule has 1 fully saturated rings. The molecule has 2 unspecified atom stereocenters. The van der Waals surface area contributed by atoms with E-state index >= 15 is 0 Å². The molecule has 2 rings (SSSR count). The van der Waals surface area contributed by atoms with Crippen LogP contribution in [0.5, 0.6) is 11.5 Å². The van der Waals surface area contributed by atoms with E-state index in [-0.39, 0.29) is 11.3 Å². The molecule has 0 aromatic heterocycles. The molecule has 1 aromatic carbocycles. The standard InChI is InChI=1S/C15H20ClNO3/c1-10-9-17(5-4-14(10)16)15(18)11-6-12(19-2)8-13(7-11)20-3/h6-8,10,14H,4-5,9H2,1-3H3. The molecule has 1 aromatic rings. The van der Waals surface area contributed by atoms with Crippen LogP contribution in [0.25, 0.3) is 0 Å². The van der Waals surface area contributed by atoms with Gasteiger partial charge in [-0.2, -0.15) is 0 Å². The number of carbonyl (C=O) groups excluding carboxylic acids is 1. The van der Waals surface area contributed by atoms with E-state index in [1.807, 2.05) is 4.90 Å². The molecule has 0 radical (unpaired) electrons. The van der Waals surface area contributed by atoms with Gasteiger partial charge in [0.2, 0.25) is 0 Å². The molecule has 1 heterocycles. The van der Waals surface area contributed by atoms with E-state index in [2.05, 4.69) is 6.92 Å². The first-order valence-corrected chi connectivity index (χ1v) is 7.15. The van der Waals surface area contributed by atoms with Gasteiger partial charge in [0.25, 0.3) is 5.91 Å². The Hall–Kier alpha value is -1.42. The second-order valence-corrected chi connectivity index (χ2v) is 5.70. The third-order valence-electron chi connectivity index (χ3n) is 3.69. The van der Waals surface area contributed by atoms with Crippen molar-refractivity contribution in [2.45, 2.75) is 18.7 Å². The van der Waals surface area contributed by atoms with Gasteiger partial charge in [0.05, 0.1) is 14.2 Å². The third-order valence-corrected chi connectivity index (χ3v) is 4.33. The van der Waals surface area contributed by atoms with Crippen molar-refractivity contribution in [2.24, 2.45) is 5.92 Å². The lowest BCUT2D eigenvalue weighted by Gasteiger charge is -2.34. The van der Waals surface area contributed by atoms with Crippen LogP contribution < -0.4 is 9.47 Å². The molecule has 0 N–H and O–H groups in total. The van der Waals surface area contributed by atoms with E-state index in [9.17, 15) is 4.79 Å². The summed E-state index contributed by atoms with van der Waals surface area (Å²) in [7, 11) is 3.15. The number of benzene rings is 1. The molecule has 110 valence electrons. The predicted molar refractivity (Wildman–Crippen MR) is 78.9 cm³/mol. The van der Waals surface area contributed by atoms with Crippen molar-refractivity contribution in [3.05, 3.63) is 23.8 Å². The Kier molecular flexibility index (Phi) is 4.76. The Morgan fingerprint density at radius 2 is 1.85 bits per heavy atom. The van der Waals surface area contributed by atoms with E-state index in [1.165, 1.54) is 0 Å². The van der Waals surface area contributed by atoms with Crippen molar-refractivity contribution in [1.29, 1.82) is 0 Å². The highest BCUT2D eigenvalue weighted by molar-refractivity contribution is 6.20. The monoisotopic (exact) mass is 297 g/mol. The van der Waals surface area contributed by atoms with Crippen molar-refractivity contribution >= 4 is 17.5 Å². The van der Waals surface area contributed by atoms with Crippen molar-refractivity contribution in [3.63, 3.8) is 0 Å². The summed E-state index contributed by atoms with van der Waals surface area (Å²) in [6.07, 6.45) is 0.829. The van der Waals surface area contributed by atoms with E-state index in [4.69, 9.17) is 21.1 Å². The predicted octanol–water partition coefficient (Wildman–Crippen LogP) is 2.79. The molecular formula is C15H20ClNO3. The molecule has 2 atom stereocenters. The first-order valence-electron chi connectivity index (χ1n) is 6.71. The number of methoxy groups -OCH3 is 2. The first-order chi connectivity index (χ1) is 9.55. The fourth-order valence-electron chi connectivity index (χ4n) is 2.41. The first kappa shape index (κ1) is 15.0. The van der Waals surface area contributed by atoms with Crippen molar-refractivity contribution in [2.75, 3.05) is 27.3 Å². The van der Waals surface area contributed by atoms with E-state index < -0.39 is 0 Å². The van der Waals surface area contributed by atoms with Crippen LogP contribution in [-0.2, 0) is 0 Å². The summed E-state index contributed by atoms with van der Waals surface area (Å²) in [5.41, 5.74) is 0.585. The number of carbonyl (C=O) groups is 1. The Morgan fingerprint density at radius 3 is 2.35 bits per heavy atom. The van der Waals surface area contributed by atoms with Gasteiger partial charge >= 0.3 is 0 Å². The number of hydrogen-bond acceptors (Lipinski definition) is 3. The van der Waals surface area contributed by atoms with Gasteiger partial charge in [-0.05, 0) is 24.5 Å². The van der Waals surface area contributed by atoms with Crippen LogP contribution in [0, 0.1) is 5.92 Å². The van der Waals surface area contributed by atoms with Gasteiger partial charge in [0.15, 0.2) is 0 Å². The van der Waals surface area contributed by atoms with Gasteiger partial charge in [-0.3, -0.25) is 4.79 Å². The number of amides is 1. The SMILES string of the molecule is COc1cc(OC)cc(C(=O)N2CCC(Cl)C(C)C2)c1. The second kappa shape index (κ2) is 6.35. The van der Waals surface area contributed by atoms with Crippen LogP contribution in [0.4, 0.5) is 0 Å². The highest BCUT2D eigenvalue weighted by Crippen LogP contribution is 2.26. The van der Waals surface area contributed by atoms with Crippen molar-refractivity contribution < 1.29 is 14.3 Å². The molecule has 1 aliphatic heterocycles. The maximum absolute atomic E-state index is 12.6. The summed E-state index contributed by atoms with van der Waals surface area (Å²) in [4.78, 5) is 14.4. The summed E-state index contributed by atoms with van der Waals surface area (Å²) in [6.45, 7) is 3.45. The number of hydrogen-bond donors (Lipinski definition) is 0. The molecule has 1 amide bonds. The zero-order valence-corrected chi connectivity index (χ0v) is 12.8. The van der Waals surface area contributed by atoms with E-state index in [0.29, 0.717) is 36.1 Å². The maximum atomic E-state index is 12.6. The number of rotatable bonds is 3. The number of ether oxygens (including phenoxy) is 2. The maximum Gasteiger partial charge on any atom is 0.254 e. The summed E-state index contributed by atoms with van der Waals surface area (Å²) in [5, 5.41) is 0.152. The number of piperidine rings is 1. The number of halogens is 1. The molecule has 1 saturated heterocycles. The Morgan fingerprint density at radius 1 is 1.25 bits per heavy atom. The molecule has 0 saturated carbocycles. The lowest BCUT2D eigenvalue weighted by Crippen LogP contribution is -2.43. The Balaban J connectivity index is 2.20. The number of likely N-dealkylation sites (tertiary alicyclic amines) is 1. The molecule has 20 heavy (non-hydrogen) atoms. The lowest BCUT2D eigenvalue weighted by atomic mass is 9.99.